The maximum absolute atomic E-state index is 13.4. The summed E-state index contributed by atoms with van der Waals surface area (Å²) in [6.45, 7) is 10.2. The predicted octanol–water partition coefficient (Wildman–Crippen LogP) is 4.70. The Hall–Kier alpha value is -2.65. The number of ether oxygens (including phenoxy) is 1. The summed E-state index contributed by atoms with van der Waals surface area (Å²) >= 11 is 0. The fraction of sp³-hybridized carbons (Fsp3) is 0.520. The van der Waals surface area contributed by atoms with Crippen LogP contribution < -0.4 is 5.49 Å². The summed E-state index contributed by atoms with van der Waals surface area (Å²) in [6.07, 6.45) is -1.10. The minimum Gasteiger partial charge on any atom is -0.386 e. The fourth-order valence-corrected chi connectivity index (χ4v) is 3.51. The molecule has 1 aromatic carbocycles. The first-order valence-corrected chi connectivity index (χ1v) is 11.0. The van der Waals surface area contributed by atoms with Gasteiger partial charge in [0.25, 0.3) is 5.91 Å². The number of nitrogens with zero attached hydrogens (tertiary/aromatic N) is 3. The lowest BCUT2D eigenvalue weighted by atomic mass is 9.92. The number of hydrogen-bond acceptors (Lipinski definition) is 3. The highest BCUT2D eigenvalue weighted by Gasteiger charge is 2.31. The zero-order valence-corrected chi connectivity index (χ0v) is 20.8. The maximum atomic E-state index is 13.4. The van der Waals surface area contributed by atoms with Gasteiger partial charge in [-0.05, 0) is 38.0 Å². The second-order valence-electron chi connectivity index (χ2n) is 9.83. The Balaban J connectivity index is 2.68. The van der Waals surface area contributed by atoms with Gasteiger partial charge in [-0.3, -0.25) is 14.2 Å². The molecule has 2 aromatic rings. The molecule has 0 unspecified atom stereocenters. The van der Waals surface area contributed by atoms with Crippen LogP contribution in [0.5, 0.6) is 0 Å². The van der Waals surface area contributed by atoms with Crippen molar-refractivity contribution in [3.05, 3.63) is 58.2 Å². The van der Waals surface area contributed by atoms with Crippen LogP contribution in [0.3, 0.4) is 0 Å². The van der Waals surface area contributed by atoms with E-state index in [4.69, 9.17) is 4.74 Å². The third-order valence-corrected chi connectivity index (χ3v) is 5.23. The van der Waals surface area contributed by atoms with Gasteiger partial charge in [0.2, 0.25) is 0 Å². The molecule has 0 saturated carbocycles. The molecular weight excluding hydrogens is 447 g/mol. The van der Waals surface area contributed by atoms with E-state index in [2.05, 4.69) is 4.99 Å². The van der Waals surface area contributed by atoms with Gasteiger partial charge in [0, 0.05) is 50.0 Å². The number of aliphatic hydroxyl groups is 1. The molecule has 0 fully saturated rings. The lowest BCUT2D eigenvalue weighted by molar-refractivity contribution is -0.137. The first-order chi connectivity index (χ1) is 15.5. The van der Waals surface area contributed by atoms with Crippen molar-refractivity contribution < 1.29 is 27.8 Å². The van der Waals surface area contributed by atoms with E-state index in [1.165, 1.54) is 32.1 Å². The molecule has 0 aliphatic carbocycles. The quantitative estimate of drug-likeness (QED) is 0.583. The number of alkyl halides is 3. The molecule has 0 aliphatic heterocycles. The molecule has 0 spiro atoms. The van der Waals surface area contributed by atoms with Crippen LogP contribution in [0.25, 0.3) is 6.08 Å². The normalized spacial score (nSPS) is 13.8. The van der Waals surface area contributed by atoms with Gasteiger partial charge in [0.15, 0.2) is 5.49 Å². The standard InChI is InChI=1S/C25H34F3N3O3/c1-23(2,3)20-16-21(31(30(20)6)13-8-14-34-7)29-22(32)19-15-18(25(26,27)28)10-9-17(19)11-12-24(4,5)33/h9-12,15-16,33H,8,13-14H2,1-7H3. The van der Waals surface area contributed by atoms with E-state index < -0.39 is 23.2 Å². The van der Waals surface area contributed by atoms with Gasteiger partial charge < -0.3 is 9.84 Å². The SMILES string of the molecule is COCCCn1c(=NC(=O)c2cc(C(F)(F)F)ccc2C=CC(C)(C)O)cc(C(C)(C)C)n1C. The smallest absolute Gasteiger partial charge is 0.386 e. The third-order valence-electron chi connectivity index (χ3n) is 5.23. The molecule has 34 heavy (non-hydrogen) atoms. The Morgan fingerprint density at radius 2 is 1.79 bits per heavy atom. The summed E-state index contributed by atoms with van der Waals surface area (Å²) in [6, 6.07) is 4.71. The van der Waals surface area contributed by atoms with Crippen LogP contribution in [0.15, 0.2) is 35.3 Å². The molecule has 0 saturated heterocycles. The van der Waals surface area contributed by atoms with Crippen LogP contribution in [0.4, 0.5) is 13.2 Å². The second-order valence-corrected chi connectivity index (χ2v) is 9.83. The first kappa shape index (κ1) is 27.6. The van der Waals surface area contributed by atoms with E-state index in [9.17, 15) is 23.1 Å². The van der Waals surface area contributed by atoms with Gasteiger partial charge in [0.1, 0.15) is 0 Å². The molecule has 2 rings (SSSR count). The number of hydrogen-bond donors (Lipinski definition) is 1. The Morgan fingerprint density at radius 1 is 1.15 bits per heavy atom. The number of benzene rings is 1. The van der Waals surface area contributed by atoms with E-state index in [1.807, 2.05) is 37.2 Å². The minimum absolute atomic E-state index is 0.195. The van der Waals surface area contributed by atoms with Crippen LogP contribution >= 0.6 is 0 Å². The number of carbonyl (C=O) groups excluding carboxylic acids is 1. The van der Waals surface area contributed by atoms with Crippen LogP contribution in [0, 0.1) is 0 Å². The lowest BCUT2D eigenvalue weighted by Crippen LogP contribution is -2.26. The highest BCUT2D eigenvalue weighted by Crippen LogP contribution is 2.31. The Morgan fingerprint density at radius 3 is 2.32 bits per heavy atom. The number of halogens is 3. The van der Waals surface area contributed by atoms with E-state index in [0.29, 0.717) is 25.1 Å². The molecule has 1 N–H and O–H groups in total. The molecular formula is C25H34F3N3O3. The van der Waals surface area contributed by atoms with Gasteiger partial charge in [-0.25, -0.2) is 0 Å². The lowest BCUT2D eigenvalue weighted by Gasteiger charge is -2.20. The zero-order valence-electron chi connectivity index (χ0n) is 20.8. The number of rotatable bonds is 7. The summed E-state index contributed by atoms with van der Waals surface area (Å²) in [5.41, 5.74) is -1.08. The van der Waals surface area contributed by atoms with Crippen molar-refractivity contribution in [3.63, 3.8) is 0 Å². The van der Waals surface area contributed by atoms with Crippen molar-refractivity contribution >= 4 is 12.0 Å². The summed E-state index contributed by atoms with van der Waals surface area (Å²) in [5, 5.41) is 9.98. The molecule has 0 bridgehead atoms. The minimum atomic E-state index is -4.61. The Kier molecular flexibility index (Phi) is 8.37. The van der Waals surface area contributed by atoms with Gasteiger partial charge in [-0.1, -0.05) is 39.0 Å². The Bertz CT molecular complexity index is 1110. The number of aromatic nitrogens is 2. The monoisotopic (exact) mass is 481 g/mol. The highest BCUT2D eigenvalue weighted by atomic mass is 19.4. The first-order valence-electron chi connectivity index (χ1n) is 11.0. The molecule has 1 amide bonds. The van der Waals surface area contributed by atoms with E-state index in [0.717, 1.165) is 17.8 Å². The summed E-state index contributed by atoms with van der Waals surface area (Å²) in [4.78, 5) is 17.4. The molecule has 0 aliphatic rings. The van der Waals surface area contributed by atoms with Crippen molar-refractivity contribution in [1.29, 1.82) is 0 Å². The molecule has 1 aromatic heterocycles. The molecule has 0 radical (unpaired) electrons. The predicted molar refractivity (Wildman–Crippen MR) is 125 cm³/mol. The largest absolute Gasteiger partial charge is 0.416 e. The van der Waals surface area contributed by atoms with E-state index in [1.54, 1.807) is 13.2 Å². The van der Waals surface area contributed by atoms with Crippen LogP contribution in [0.2, 0.25) is 0 Å². The number of carbonyl (C=O) groups is 1. The van der Waals surface area contributed by atoms with E-state index >= 15 is 0 Å². The topological polar surface area (TPSA) is 68.8 Å². The van der Waals surface area contributed by atoms with Gasteiger partial charge >= 0.3 is 6.18 Å². The van der Waals surface area contributed by atoms with Gasteiger partial charge in [0.05, 0.1) is 11.2 Å². The van der Waals surface area contributed by atoms with Crippen LogP contribution in [-0.4, -0.2) is 39.7 Å². The zero-order chi connectivity index (χ0) is 25.9. The molecule has 1 heterocycles. The highest BCUT2D eigenvalue weighted by molar-refractivity contribution is 5.98. The van der Waals surface area contributed by atoms with Gasteiger partial charge in [-0.15, -0.1) is 0 Å². The number of methoxy groups -OCH3 is 1. The van der Waals surface area contributed by atoms with Crippen molar-refractivity contribution in [1.82, 2.24) is 9.36 Å². The van der Waals surface area contributed by atoms with Crippen LogP contribution in [0.1, 0.15) is 68.2 Å². The van der Waals surface area contributed by atoms with Gasteiger partial charge in [-0.2, -0.15) is 18.2 Å². The Labute approximate surface area is 198 Å². The molecule has 188 valence electrons. The van der Waals surface area contributed by atoms with Crippen molar-refractivity contribution in [3.8, 4) is 0 Å². The second kappa shape index (κ2) is 10.3. The third kappa shape index (κ3) is 7.17. The number of amides is 1. The summed E-state index contributed by atoms with van der Waals surface area (Å²) < 4.78 is 49.0. The van der Waals surface area contributed by atoms with Crippen LogP contribution in [-0.2, 0) is 29.9 Å². The van der Waals surface area contributed by atoms with Crippen molar-refractivity contribution in [2.45, 2.75) is 64.8 Å². The average molecular weight is 482 g/mol. The fourth-order valence-electron chi connectivity index (χ4n) is 3.51. The van der Waals surface area contributed by atoms with Crippen molar-refractivity contribution in [2.75, 3.05) is 13.7 Å². The molecule has 9 heteroatoms. The summed E-state index contributed by atoms with van der Waals surface area (Å²) in [5.74, 6) is -0.798. The maximum Gasteiger partial charge on any atom is 0.416 e. The molecule has 6 nitrogen and oxygen atoms in total. The average Bonchev–Trinajstić information content (AvgIpc) is 3.01. The molecule has 0 atom stereocenters. The van der Waals surface area contributed by atoms with Crippen molar-refractivity contribution in [2.24, 2.45) is 12.0 Å². The summed E-state index contributed by atoms with van der Waals surface area (Å²) in [7, 11) is 3.46. The van der Waals surface area contributed by atoms with E-state index in [-0.39, 0.29) is 16.5 Å².